The highest BCUT2D eigenvalue weighted by Gasteiger charge is 2.18. The second-order valence-corrected chi connectivity index (χ2v) is 3.65. The van der Waals surface area contributed by atoms with E-state index in [0.717, 1.165) is 13.1 Å². The van der Waals surface area contributed by atoms with Crippen LogP contribution in [0.25, 0.3) is 0 Å². The Bertz CT molecular complexity index is 380. The van der Waals surface area contributed by atoms with Crippen LogP contribution in [0.1, 0.15) is 0 Å². The highest BCUT2D eigenvalue weighted by Crippen LogP contribution is 2.09. The van der Waals surface area contributed by atoms with Crippen LogP contribution >= 0.6 is 0 Å². The summed E-state index contributed by atoms with van der Waals surface area (Å²) in [7, 11) is 0. The van der Waals surface area contributed by atoms with Crippen molar-refractivity contribution in [3.63, 3.8) is 0 Å². The molecule has 1 aromatic carbocycles. The van der Waals surface area contributed by atoms with Crippen LogP contribution in [-0.4, -0.2) is 31.7 Å². The Balaban J connectivity index is 1.77. The molecule has 0 atom stereocenters. The Hall–Kier alpha value is -1.46. The Morgan fingerprint density at radius 1 is 1.56 bits per heavy atom. The zero-order chi connectivity index (χ0) is 11.4. The summed E-state index contributed by atoms with van der Waals surface area (Å²) >= 11 is 0. The average molecular weight is 224 g/mol. The third-order valence-electron chi connectivity index (χ3n) is 2.30. The van der Waals surface area contributed by atoms with Crippen molar-refractivity contribution >= 4 is 11.6 Å². The maximum Gasteiger partial charge on any atom is 0.250 e. The number of hydrogen-bond donors (Lipinski definition) is 2. The third kappa shape index (κ3) is 3.01. The standard InChI is InChI=1S/C11H13FN2O2/c12-8-2-1-3-9(4-8)14-11(15)7-16-10-5-13-6-10/h1-4,10,13H,5-7H2,(H,14,15). The van der Waals surface area contributed by atoms with Gasteiger partial charge in [-0.2, -0.15) is 0 Å². The summed E-state index contributed by atoms with van der Waals surface area (Å²) in [6.45, 7) is 1.57. The molecule has 4 nitrogen and oxygen atoms in total. The van der Waals surface area contributed by atoms with E-state index in [1.54, 1.807) is 12.1 Å². The minimum absolute atomic E-state index is 0.00284. The molecule has 1 saturated heterocycles. The number of benzene rings is 1. The van der Waals surface area contributed by atoms with Crippen LogP contribution in [0.2, 0.25) is 0 Å². The van der Waals surface area contributed by atoms with Gasteiger partial charge in [-0.3, -0.25) is 4.79 Å². The first-order valence-corrected chi connectivity index (χ1v) is 5.12. The van der Waals surface area contributed by atoms with Crippen molar-refractivity contribution in [2.24, 2.45) is 0 Å². The Morgan fingerprint density at radius 2 is 2.38 bits per heavy atom. The van der Waals surface area contributed by atoms with Gasteiger partial charge in [0.05, 0.1) is 6.10 Å². The molecule has 2 rings (SSSR count). The largest absolute Gasteiger partial charge is 0.366 e. The lowest BCUT2D eigenvalue weighted by atomic mass is 10.2. The average Bonchev–Trinajstić information content (AvgIpc) is 2.15. The van der Waals surface area contributed by atoms with Crippen molar-refractivity contribution in [3.8, 4) is 0 Å². The lowest BCUT2D eigenvalue weighted by Gasteiger charge is -2.26. The number of rotatable bonds is 4. The van der Waals surface area contributed by atoms with Crippen molar-refractivity contribution in [1.29, 1.82) is 0 Å². The SMILES string of the molecule is O=C(COC1CNC1)Nc1cccc(F)c1. The van der Waals surface area contributed by atoms with Gasteiger partial charge in [-0.05, 0) is 18.2 Å². The van der Waals surface area contributed by atoms with Crippen LogP contribution in [0.3, 0.4) is 0 Å². The predicted molar refractivity (Wildman–Crippen MR) is 57.6 cm³/mol. The van der Waals surface area contributed by atoms with Gasteiger partial charge in [0.15, 0.2) is 0 Å². The maximum absolute atomic E-state index is 12.8. The van der Waals surface area contributed by atoms with Gasteiger partial charge in [0.25, 0.3) is 0 Å². The topological polar surface area (TPSA) is 50.4 Å². The molecule has 0 unspecified atom stereocenters. The summed E-state index contributed by atoms with van der Waals surface area (Å²) in [4.78, 5) is 11.4. The Kier molecular flexibility index (Phi) is 3.48. The number of carbonyl (C=O) groups excluding carboxylic acids is 1. The van der Waals surface area contributed by atoms with E-state index < -0.39 is 0 Å². The van der Waals surface area contributed by atoms with Crippen molar-refractivity contribution < 1.29 is 13.9 Å². The minimum Gasteiger partial charge on any atom is -0.366 e. The highest BCUT2D eigenvalue weighted by atomic mass is 19.1. The molecule has 1 amide bonds. The van der Waals surface area contributed by atoms with Crippen LogP contribution in [0.5, 0.6) is 0 Å². The lowest BCUT2D eigenvalue weighted by molar-refractivity contribution is -0.123. The van der Waals surface area contributed by atoms with Crippen molar-refractivity contribution in [3.05, 3.63) is 30.1 Å². The molecular formula is C11H13FN2O2. The summed E-state index contributed by atoms with van der Waals surface area (Å²) in [5.41, 5.74) is 0.445. The molecule has 1 fully saturated rings. The van der Waals surface area contributed by atoms with E-state index in [4.69, 9.17) is 4.74 Å². The summed E-state index contributed by atoms with van der Waals surface area (Å²) in [5.74, 6) is -0.639. The van der Waals surface area contributed by atoms with Gasteiger partial charge in [0.2, 0.25) is 5.91 Å². The molecule has 1 aliphatic rings. The molecule has 0 bridgehead atoms. The number of hydrogen-bond acceptors (Lipinski definition) is 3. The molecule has 5 heteroatoms. The summed E-state index contributed by atoms with van der Waals surface area (Å²) in [6, 6.07) is 5.77. The smallest absolute Gasteiger partial charge is 0.250 e. The number of amides is 1. The summed E-state index contributed by atoms with van der Waals surface area (Å²) in [5, 5.41) is 5.60. The van der Waals surface area contributed by atoms with E-state index in [1.807, 2.05) is 0 Å². The zero-order valence-electron chi connectivity index (χ0n) is 8.70. The van der Waals surface area contributed by atoms with Crippen LogP contribution < -0.4 is 10.6 Å². The minimum atomic E-state index is -0.373. The quantitative estimate of drug-likeness (QED) is 0.793. The number of carbonyl (C=O) groups is 1. The van der Waals surface area contributed by atoms with Crippen molar-refractivity contribution in [2.75, 3.05) is 25.0 Å². The normalized spacial score (nSPS) is 15.6. The first-order chi connectivity index (χ1) is 7.74. The number of nitrogens with one attached hydrogen (secondary N) is 2. The van der Waals surface area contributed by atoms with E-state index in [1.165, 1.54) is 12.1 Å². The first kappa shape index (κ1) is 11.0. The van der Waals surface area contributed by atoms with Crippen LogP contribution in [0.4, 0.5) is 10.1 Å². The first-order valence-electron chi connectivity index (χ1n) is 5.12. The fraction of sp³-hybridized carbons (Fsp3) is 0.364. The molecule has 2 N–H and O–H groups in total. The van der Waals surface area contributed by atoms with Crippen molar-refractivity contribution in [2.45, 2.75) is 6.10 Å². The maximum atomic E-state index is 12.8. The second kappa shape index (κ2) is 5.05. The zero-order valence-corrected chi connectivity index (χ0v) is 8.70. The van der Waals surface area contributed by atoms with Gasteiger partial charge >= 0.3 is 0 Å². The highest BCUT2D eigenvalue weighted by molar-refractivity contribution is 5.91. The van der Waals surface area contributed by atoms with E-state index >= 15 is 0 Å². The molecule has 0 spiro atoms. The number of ether oxygens (including phenoxy) is 1. The fourth-order valence-corrected chi connectivity index (χ4v) is 1.34. The lowest BCUT2D eigenvalue weighted by Crippen LogP contribution is -2.49. The van der Waals surface area contributed by atoms with Gasteiger partial charge < -0.3 is 15.4 Å². The number of anilines is 1. The van der Waals surface area contributed by atoms with Crippen LogP contribution in [0.15, 0.2) is 24.3 Å². The Morgan fingerprint density at radius 3 is 3.00 bits per heavy atom. The third-order valence-corrected chi connectivity index (χ3v) is 2.30. The van der Waals surface area contributed by atoms with Gasteiger partial charge in [-0.1, -0.05) is 6.07 Å². The van der Waals surface area contributed by atoms with E-state index in [0.29, 0.717) is 5.69 Å². The molecule has 0 aliphatic carbocycles. The second-order valence-electron chi connectivity index (χ2n) is 3.65. The Labute approximate surface area is 92.8 Å². The van der Waals surface area contributed by atoms with Crippen molar-refractivity contribution in [1.82, 2.24) is 5.32 Å². The van der Waals surface area contributed by atoms with E-state index in [2.05, 4.69) is 10.6 Å². The summed E-state index contributed by atoms with van der Waals surface area (Å²) in [6.07, 6.45) is 0.123. The molecule has 16 heavy (non-hydrogen) atoms. The molecule has 86 valence electrons. The van der Waals surface area contributed by atoms with Gasteiger partial charge in [0.1, 0.15) is 12.4 Å². The predicted octanol–water partition coefficient (Wildman–Crippen LogP) is 0.753. The van der Waals surface area contributed by atoms with Gasteiger partial charge in [-0.15, -0.1) is 0 Å². The van der Waals surface area contributed by atoms with E-state index in [9.17, 15) is 9.18 Å². The molecule has 0 saturated carbocycles. The number of halogens is 1. The van der Waals surface area contributed by atoms with Gasteiger partial charge in [-0.25, -0.2) is 4.39 Å². The molecular weight excluding hydrogens is 211 g/mol. The van der Waals surface area contributed by atoms with Crippen LogP contribution in [0, 0.1) is 5.82 Å². The fourth-order valence-electron chi connectivity index (χ4n) is 1.34. The molecule has 0 radical (unpaired) electrons. The van der Waals surface area contributed by atoms with Gasteiger partial charge in [0, 0.05) is 18.8 Å². The molecule has 1 aromatic rings. The summed E-state index contributed by atoms with van der Waals surface area (Å²) < 4.78 is 18.1. The van der Waals surface area contributed by atoms with E-state index in [-0.39, 0.29) is 24.4 Å². The molecule has 1 aliphatic heterocycles. The molecule has 1 heterocycles. The monoisotopic (exact) mass is 224 g/mol. The molecule has 0 aromatic heterocycles. The van der Waals surface area contributed by atoms with Crippen LogP contribution in [-0.2, 0) is 9.53 Å².